The van der Waals surface area contributed by atoms with Crippen molar-refractivity contribution in [2.75, 3.05) is 25.1 Å². The molecule has 1 aliphatic heterocycles. The Kier molecular flexibility index (Phi) is 4.52. The standard InChI is InChI=1S/C19H18N2O4/c1-13-3-5-14(6-4-13)19(24)21-12-17(22)20(11-18(21)23)15-7-9-16(25-2)10-8-15/h3-10H,11-12H2,1-2H3. The summed E-state index contributed by atoms with van der Waals surface area (Å²) in [6.07, 6.45) is 0. The first-order valence-corrected chi connectivity index (χ1v) is 7.85. The lowest BCUT2D eigenvalue weighted by molar-refractivity contribution is -0.135. The highest BCUT2D eigenvalue weighted by Gasteiger charge is 2.34. The van der Waals surface area contributed by atoms with Crippen LogP contribution in [0.4, 0.5) is 5.69 Å². The second kappa shape index (κ2) is 6.76. The van der Waals surface area contributed by atoms with Crippen molar-refractivity contribution in [3.63, 3.8) is 0 Å². The second-order valence-corrected chi connectivity index (χ2v) is 5.83. The van der Waals surface area contributed by atoms with Gasteiger partial charge in [-0.05, 0) is 43.3 Å². The number of methoxy groups -OCH3 is 1. The van der Waals surface area contributed by atoms with Crippen molar-refractivity contribution < 1.29 is 19.1 Å². The molecule has 0 N–H and O–H groups in total. The first-order chi connectivity index (χ1) is 12.0. The first kappa shape index (κ1) is 16.7. The average Bonchev–Trinajstić information content (AvgIpc) is 2.63. The number of imide groups is 1. The zero-order chi connectivity index (χ0) is 18.0. The average molecular weight is 338 g/mol. The molecule has 1 saturated heterocycles. The molecule has 6 heteroatoms. The number of anilines is 1. The Labute approximate surface area is 145 Å². The third-order valence-corrected chi connectivity index (χ3v) is 4.12. The van der Waals surface area contributed by atoms with E-state index in [0.29, 0.717) is 17.0 Å². The molecule has 3 rings (SSSR count). The summed E-state index contributed by atoms with van der Waals surface area (Å²) in [5.41, 5.74) is 2.01. The quantitative estimate of drug-likeness (QED) is 0.803. The van der Waals surface area contributed by atoms with Crippen LogP contribution in [0.15, 0.2) is 48.5 Å². The summed E-state index contributed by atoms with van der Waals surface area (Å²) >= 11 is 0. The van der Waals surface area contributed by atoms with Crippen LogP contribution >= 0.6 is 0 Å². The van der Waals surface area contributed by atoms with Gasteiger partial charge in [-0.1, -0.05) is 17.7 Å². The Bertz CT molecular complexity index is 812. The van der Waals surface area contributed by atoms with Crippen LogP contribution in [0.5, 0.6) is 5.75 Å². The number of hydrogen-bond acceptors (Lipinski definition) is 4. The van der Waals surface area contributed by atoms with Gasteiger partial charge < -0.3 is 9.64 Å². The summed E-state index contributed by atoms with van der Waals surface area (Å²) in [7, 11) is 1.55. The molecule has 6 nitrogen and oxygen atoms in total. The Hall–Kier alpha value is -3.15. The second-order valence-electron chi connectivity index (χ2n) is 5.83. The maximum Gasteiger partial charge on any atom is 0.260 e. The number of carbonyl (C=O) groups is 3. The molecule has 25 heavy (non-hydrogen) atoms. The minimum atomic E-state index is -0.451. The smallest absolute Gasteiger partial charge is 0.260 e. The molecule has 1 fully saturated rings. The fraction of sp³-hybridized carbons (Fsp3) is 0.211. The van der Waals surface area contributed by atoms with Crippen LogP contribution in [0.25, 0.3) is 0 Å². The van der Waals surface area contributed by atoms with Crippen LogP contribution in [0, 0.1) is 6.92 Å². The van der Waals surface area contributed by atoms with Crippen LogP contribution in [-0.2, 0) is 9.59 Å². The van der Waals surface area contributed by atoms with E-state index in [1.807, 2.05) is 6.92 Å². The lowest BCUT2D eigenvalue weighted by atomic mass is 10.1. The molecule has 128 valence electrons. The Morgan fingerprint density at radius 2 is 1.56 bits per heavy atom. The van der Waals surface area contributed by atoms with Gasteiger partial charge in [0.1, 0.15) is 18.8 Å². The van der Waals surface area contributed by atoms with E-state index >= 15 is 0 Å². The van der Waals surface area contributed by atoms with Crippen LogP contribution in [-0.4, -0.2) is 42.8 Å². The largest absolute Gasteiger partial charge is 0.497 e. The number of ether oxygens (including phenoxy) is 1. The summed E-state index contributed by atoms with van der Waals surface area (Å²) in [6, 6.07) is 13.8. The predicted molar refractivity (Wildman–Crippen MR) is 92.6 cm³/mol. The molecule has 0 aromatic heterocycles. The van der Waals surface area contributed by atoms with E-state index in [9.17, 15) is 14.4 Å². The fourth-order valence-electron chi connectivity index (χ4n) is 2.65. The first-order valence-electron chi connectivity index (χ1n) is 7.85. The van der Waals surface area contributed by atoms with Crippen LogP contribution in [0.3, 0.4) is 0 Å². The molecular weight excluding hydrogens is 320 g/mol. The number of aryl methyl sites for hydroxylation is 1. The lowest BCUT2D eigenvalue weighted by Gasteiger charge is -2.32. The molecule has 0 unspecified atom stereocenters. The summed E-state index contributed by atoms with van der Waals surface area (Å²) < 4.78 is 5.09. The maximum absolute atomic E-state index is 12.5. The zero-order valence-corrected chi connectivity index (χ0v) is 14.1. The number of benzene rings is 2. The SMILES string of the molecule is COc1ccc(N2CC(=O)N(C(=O)c3ccc(C)cc3)CC2=O)cc1. The summed E-state index contributed by atoms with van der Waals surface area (Å²) in [6.45, 7) is 1.48. The van der Waals surface area contributed by atoms with E-state index in [4.69, 9.17) is 4.74 Å². The van der Waals surface area contributed by atoms with Gasteiger partial charge in [0.2, 0.25) is 11.8 Å². The minimum absolute atomic E-state index is 0.164. The molecule has 0 radical (unpaired) electrons. The van der Waals surface area contributed by atoms with Crippen molar-refractivity contribution in [1.29, 1.82) is 0 Å². The van der Waals surface area contributed by atoms with E-state index in [1.54, 1.807) is 55.6 Å². The van der Waals surface area contributed by atoms with E-state index < -0.39 is 11.8 Å². The summed E-state index contributed by atoms with van der Waals surface area (Å²) in [4.78, 5) is 39.8. The van der Waals surface area contributed by atoms with Gasteiger partial charge in [-0.15, -0.1) is 0 Å². The van der Waals surface area contributed by atoms with E-state index in [2.05, 4.69) is 0 Å². The number of carbonyl (C=O) groups excluding carboxylic acids is 3. The van der Waals surface area contributed by atoms with Gasteiger partial charge >= 0.3 is 0 Å². The predicted octanol–water partition coefficient (Wildman–Crippen LogP) is 2.02. The summed E-state index contributed by atoms with van der Waals surface area (Å²) in [5, 5.41) is 0. The van der Waals surface area contributed by atoms with Gasteiger partial charge in [0, 0.05) is 11.3 Å². The van der Waals surface area contributed by atoms with Crippen molar-refractivity contribution in [2.45, 2.75) is 6.92 Å². The van der Waals surface area contributed by atoms with E-state index in [0.717, 1.165) is 10.5 Å². The molecular formula is C19H18N2O4. The number of nitrogens with zero attached hydrogens (tertiary/aromatic N) is 2. The molecule has 0 aliphatic carbocycles. The molecule has 1 aliphatic rings. The molecule has 0 atom stereocenters. The van der Waals surface area contributed by atoms with Crippen molar-refractivity contribution in [2.24, 2.45) is 0 Å². The van der Waals surface area contributed by atoms with Gasteiger partial charge in [-0.3, -0.25) is 19.3 Å². The molecule has 0 saturated carbocycles. The molecule has 2 aromatic rings. The molecule has 2 aromatic carbocycles. The third kappa shape index (κ3) is 3.38. The minimum Gasteiger partial charge on any atom is -0.497 e. The molecule has 1 heterocycles. The lowest BCUT2D eigenvalue weighted by Crippen LogP contribution is -2.55. The molecule has 0 bridgehead atoms. The Morgan fingerprint density at radius 3 is 2.16 bits per heavy atom. The van der Waals surface area contributed by atoms with Crippen LogP contribution < -0.4 is 9.64 Å². The van der Waals surface area contributed by atoms with Gasteiger partial charge in [0.25, 0.3) is 5.91 Å². The third-order valence-electron chi connectivity index (χ3n) is 4.12. The van der Waals surface area contributed by atoms with Gasteiger partial charge in [0.05, 0.1) is 7.11 Å². The van der Waals surface area contributed by atoms with Crippen LogP contribution in [0.2, 0.25) is 0 Å². The Balaban J connectivity index is 1.77. The van der Waals surface area contributed by atoms with Crippen molar-refractivity contribution in [3.05, 3.63) is 59.7 Å². The number of rotatable bonds is 3. The maximum atomic E-state index is 12.5. The molecule has 3 amide bonds. The number of piperazine rings is 1. The van der Waals surface area contributed by atoms with Crippen molar-refractivity contribution in [3.8, 4) is 5.75 Å². The summed E-state index contributed by atoms with van der Waals surface area (Å²) in [5.74, 6) is -0.491. The highest BCUT2D eigenvalue weighted by molar-refractivity contribution is 6.14. The zero-order valence-electron chi connectivity index (χ0n) is 14.1. The van der Waals surface area contributed by atoms with E-state index in [-0.39, 0.29) is 19.0 Å². The van der Waals surface area contributed by atoms with Gasteiger partial charge in [-0.2, -0.15) is 0 Å². The highest BCUT2D eigenvalue weighted by Crippen LogP contribution is 2.22. The number of amides is 3. The van der Waals surface area contributed by atoms with Crippen LogP contribution in [0.1, 0.15) is 15.9 Å². The van der Waals surface area contributed by atoms with Crippen molar-refractivity contribution >= 4 is 23.4 Å². The van der Waals surface area contributed by atoms with Gasteiger partial charge in [0.15, 0.2) is 0 Å². The van der Waals surface area contributed by atoms with E-state index in [1.165, 1.54) is 4.90 Å². The van der Waals surface area contributed by atoms with Crippen molar-refractivity contribution in [1.82, 2.24) is 4.90 Å². The topological polar surface area (TPSA) is 66.9 Å². The fourth-order valence-corrected chi connectivity index (χ4v) is 2.65. The highest BCUT2D eigenvalue weighted by atomic mass is 16.5. The Morgan fingerprint density at radius 1 is 0.920 bits per heavy atom. The monoisotopic (exact) mass is 338 g/mol. The number of hydrogen-bond donors (Lipinski definition) is 0. The van der Waals surface area contributed by atoms with Gasteiger partial charge in [-0.25, -0.2) is 0 Å². The molecule has 0 spiro atoms. The normalized spacial score (nSPS) is 14.6.